The Bertz CT molecular complexity index is 550. The zero-order chi connectivity index (χ0) is 13.6. The lowest BCUT2D eigenvalue weighted by molar-refractivity contribution is -0.121. The number of fused-ring (bicyclic) bond motifs is 1. The maximum atomic E-state index is 13.8. The van der Waals surface area contributed by atoms with Gasteiger partial charge < -0.3 is 0 Å². The third kappa shape index (κ3) is 1.95. The molecule has 0 amide bonds. The molecule has 2 saturated carbocycles. The minimum atomic E-state index is -1.07. The minimum absolute atomic E-state index is 0.0432. The Morgan fingerprint density at radius 2 is 2.11 bits per heavy atom. The van der Waals surface area contributed by atoms with Crippen molar-refractivity contribution in [3.05, 3.63) is 34.6 Å². The summed E-state index contributed by atoms with van der Waals surface area (Å²) in [4.78, 5) is 12.4. The Labute approximate surface area is 116 Å². The molecule has 0 saturated heterocycles. The first kappa shape index (κ1) is 12.6. The van der Waals surface area contributed by atoms with Crippen molar-refractivity contribution in [1.29, 1.82) is 5.26 Å². The SMILES string of the molecule is N#CC(C(=O)C1C2CCCC21)c1c(F)cccc1Cl. The highest BCUT2D eigenvalue weighted by molar-refractivity contribution is 6.31. The number of rotatable bonds is 3. The van der Waals surface area contributed by atoms with Crippen LogP contribution in [-0.2, 0) is 4.79 Å². The predicted octanol–water partition coefficient (Wildman–Crippen LogP) is 3.70. The van der Waals surface area contributed by atoms with Crippen LogP contribution in [0.1, 0.15) is 30.7 Å². The van der Waals surface area contributed by atoms with E-state index in [1.54, 1.807) is 0 Å². The lowest BCUT2D eigenvalue weighted by Gasteiger charge is -2.12. The Morgan fingerprint density at radius 1 is 1.42 bits per heavy atom. The second kappa shape index (κ2) is 4.61. The Hall–Kier alpha value is -1.40. The van der Waals surface area contributed by atoms with Crippen molar-refractivity contribution in [2.24, 2.45) is 17.8 Å². The second-order valence-electron chi connectivity index (χ2n) is 5.38. The summed E-state index contributed by atoms with van der Waals surface area (Å²) < 4.78 is 13.8. The van der Waals surface area contributed by atoms with Gasteiger partial charge in [-0.25, -0.2) is 4.39 Å². The normalized spacial score (nSPS) is 29.4. The molecule has 0 N–H and O–H groups in total. The highest BCUT2D eigenvalue weighted by Crippen LogP contribution is 2.59. The Kier molecular flexibility index (Phi) is 3.06. The first-order chi connectivity index (χ1) is 9.15. The molecule has 19 heavy (non-hydrogen) atoms. The first-order valence-corrected chi connectivity index (χ1v) is 6.90. The fourth-order valence-electron chi connectivity index (χ4n) is 3.49. The number of Topliss-reactive ketones (excluding diaryl/α,β-unsaturated/α-hetero) is 1. The van der Waals surface area contributed by atoms with Crippen LogP contribution in [0.25, 0.3) is 0 Å². The van der Waals surface area contributed by atoms with Gasteiger partial charge >= 0.3 is 0 Å². The molecule has 0 bridgehead atoms. The predicted molar refractivity (Wildman–Crippen MR) is 69.1 cm³/mol. The average Bonchev–Trinajstić information content (AvgIpc) is 2.86. The van der Waals surface area contributed by atoms with Crippen molar-refractivity contribution >= 4 is 17.4 Å². The van der Waals surface area contributed by atoms with Gasteiger partial charge in [-0.15, -0.1) is 0 Å². The Morgan fingerprint density at radius 3 is 2.68 bits per heavy atom. The lowest BCUT2D eigenvalue weighted by Crippen LogP contribution is -2.17. The number of ketones is 1. The van der Waals surface area contributed by atoms with Gasteiger partial charge in [-0.2, -0.15) is 5.26 Å². The van der Waals surface area contributed by atoms with E-state index in [1.165, 1.54) is 18.2 Å². The van der Waals surface area contributed by atoms with E-state index in [2.05, 4.69) is 0 Å². The standard InChI is InChI=1S/C15H13ClFNO/c16-11-5-2-6-12(17)14(11)10(7-18)15(19)13-8-3-1-4-9(8)13/h2,5-6,8-10,13H,1,3-4H2. The van der Waals surface area contributed by atoms with Crippen LogP contribution in [0.3, 0.4) is 0 Å². The smallest absolute Gasteiger partial charge is 0.158 e. The van der Waals surface area contributed by atoms with Crippen molar-refractivity contribution in [2.75, 3.05) is 0 Å². The van der Waals surface area contributed by atoms with Gasteiger partial charge in [0, 0.05) is 16.5 Å². The first-order valence-electron chi connectivity index (χ1n) is 6.52. The summed E-state index contributed by atoms with van der Waals surface area (Å²) in [5.41, 5.74) is 0.0432. The molecule has 2 aliphatic carbocycles. The molecule has 2 aliphatic rings. The third-order valence-corrected chi connectivity index (χ3v) is 4.77. The van der Waals surface area contributed by atoms with Gasteiger partial charge in [0.25, 0.3) is 0 Å². The highest BCUT2D eigenvalue weighted by atomic mass is 35.5. The Balaban J connectivity index is 1.89. The van der Waals surface area contributed by atoms with Crippen LogP contribution in [0.5, 0.6) is 0 Å². The maximum absolute atomic E-state index is 13.8. The van der Waals surface area contributed by atoms with E-state index in [-0.39, 0.29) is 22.3 Å². The van der Waals surface area contributed by atoms with E-state index >= 15 is 0 Å². The summed E-state index contributed by atoms with van der Waals surface area (Å²) in [6.07, 6.45) is 3.28. The molecule has 0 spiro atoms. The lowest BCUT2D eigenvalue weighted by atomic mass is 9.90. The fraction of sp³-hybridized carbons (Fsp3) is 0.467. The largest absolute Gasteiger partial charge is 0.298 e. The van der Waals surface area contributed by atoms with Gasteiger partial charge in [-0.3, -0.25) is 4.79 Å². The molecule has 3 unspecified atom stereocenters. The molecule has 3 rings (SSSR count). The molecule has 0 radical (unpaired) electrons. The van der Waals surface area contributed by atoms with Crippen LogP contribution in [0.15, 0.2) is 18.2 Å². The highest BCUT2D eigenvalue weighted by Gasteiger charge is 2.57. The molecule has 1 aromatic carbocycles. The van der Waals surface area contributed by atoms with Gasteiger partial charge in [0.2, 0.25) is 0 Å². The summed E-state index contributed by atoms with van der Waals surface area (Å²) in [6.45, 7) is 0. The number of hydrogen-bond acceptors (Lipinski definition) is 2. The van der Waals surface area contributed by atoms with Crippen molar-refractivity contribution in [3.8, 4) is 6.07 Å². The molecular weight excluding hydrogens is 265 g/mol. The number of carbonyl (C=O) groups excluding carboxylic acids is 1. The second-order valence-corrected chi connectivity index (χ2v) is 5.79. The molecule has 2 nitrogen and oxygen atoms in total. The van der Waals surface area contributed by atoms with E-state index in [0.717, 1.165) is 19.3 Å². The number of benzene rings is 1. The average molecular weight is 278 g/mol. The van der Waals surface area contributed by atoms with E-state index in [1.807, 2.05) is 6.07 Å². The number of nitrogens with zero attached hydrogens (tertiary/aromatic N) is 1. The van der Waals surface area contributed by atoms with Crippen LogP contribution in [0, 0.1) is 34.9 Å². The van der Waals surface area contributed by atoms with E-state index in [4.69, 9.17) is 11.6 Å². The number of halogens is 2. The van der Waals surface area contributed by atoms with Gasteiger partial charge in [-0.1, -0.05) is 24.1 Å². The van der Waals surface area contributed by atoms with E-state index < -0.39 is 11.7 Å². The molecule has 0 aliphatic heterocycles. The van der Waals surface area contributed by atoms with Gasteiger partial charge in [-0.05, 0) is 36.8 Å². The third-order valence-electron chi connectivity index (χ3n) is 4.44. The molecule has 2 fully saturated rings. The summed E-state index contributed by atoms with van der Waals surface area (Å²) in [5, 5.41) is 9.40. The van der Waals surface area contributed by atoms with Crippen LogP contribution in [-0.4, -0.2) is 5.78 Å². The van der Waals surface area contributed by atoms with Crippen molar-refractivity contribution < 1.29 is 9.18 Å². The quantitative estimate of drug-likeness (QED) is 0.845. The summed E-state index contributed by atoms with van der Waals surface area (Å²) in [7, 11) is 0. The van der Waals surface area contributed by atoms with Gasteiger partial charge in [0.1, 0.15) is 11.7 Å². The van der Waals surface area contributed by atoms with Crippen molar-refractivity contribution in [1.82, 2.24) is 0 Å². The molecular formula is C15H13ClFNO. The zero-order valence-electron chi connectivity index (χ0n) is 10.3. The molecule has 0 heterocycles. The maximum Gasteiger partial charge on any atom is 0.158 e. The van der Waals surface area contributed by atoms with E-state index in [9.17, 15) is 14.4 Å². The monoisotopic (exact) mass is 277 g/mol. The zero-order valence-corrected chi connectivity index (χ0v) is 11.0. The molecule has 0 aromatic heterocycles. The molecule has 1 aromatic rings. The van der Waals surface area contributed by atoms with Crippen molar-refractivity contribution in [3.63, 3.8) is 0 Å². The molecule has 4 heteroatoms. The minimum Gasteiger partial charge on any atom is -0.298 e. The molecule has 3 atom stereocenters. The van der Waals surface area contributed by atoms with Crippen molar-refractivity contribution in [2.45, 2.75) is 25.2 Å². The van der Waals surface area contributed by atoms with Crippen LogP contribution < -0.4 is 0 Å². The number of carbonyl (C=O) groups is 1. The van der Waals surface area contributed by atoms with E-state index in [0.29, 0.717) is 11.8 Å². The fourth-order valence-corrected chi connectivity index (χ4v) is 3.76. The molecule has 98 valence electrons. The number of nitriles is 1. The topological polar surface area (TPSA) is 40.9 Å². The van der Waals surface area contributed by atoms with Gasteiger partial charge in [0.05, 0.1) is 6.07 Å². The van der Waals surface area contributed by atoms with Crippen LogP contribution in [0.2, 0.25) is 5.02 Å². The summed E-state index contributed by atoms with van der Waals surface area (Å²) >= 11 is 5.95. The number of hydrogen-bond donors (Lipinski definition) is 0. The van der Waals surface area contributed by atoms with Crippen LogP contribution in [0.4, 0.5) is 4.39 Å². The van der Waals surface area contributed by atoms with Crippen LogP contribution >= 0.6 is 11.6 Å². The summed E-state index contributed by atoms with van der Waals surface area (Å²) in [6, 6.07) is 6.18. The summed E-state index contributed by atoms with van der Waals surface area (Å²) in [5.74, 6) is -0.983. The van der Waals surface area contributed by atoms with Gasteiger partial charge in [0.15, 0.2) is 5.78 Å².